The SMILES string of the molecule is O=C(O)CCc1ncc(-c2ccccc2O)o1. The number of aromatic hydroxyl groups is 1. The minimum atomic E-state index is -0.896. The molecule has 0 saturated heterocycles. The monoisotopic (exact) mass is 233 g/mol. The molecule has 0 radical (unpaired) electrons. The van der Waals surface area contributed by atoms with Gasteiger partial charge in [-0.15, -0.1) is 0 Å². The molecule has 0 unspecified atom stereocenters. The Morgan fingerprint density at radius 3 is 2.82 bits per heavy atom. The number of carboxylic acid groups (broad SMARTS) is 1. The average molecular weight is 233 g/mol. The fourth-order valence-electron chi connectivity index (χ4n) is 1.45. The molecule has 1 aromatic carbocycles. The van der Waals surface area contributed by atoms with E-state index in [9.17, 15) is 9.90 Å². The van der Waals surface area contributed by atoms with E-state index in [4.69, 9.17) is 9.52 Å². The van der Waals surface area contributed by atoms with Crippen molar-refractivity contribution in [2.45, 2.75) is 12.8 Å². The van der Waals surface area contributed by atoms with Crippen molar-refractivity contribution in [1.82, 2.24) is 4.98 Å². The van der Waals surface area contributed by atoms with Gasteiger partial charge in [-0.3, -0.25) is 4.79 Å². The highest BCUT2D eigenvalue weighted by molar-refractivity contribution is 5.67. The number of oxazole rings is 1. The lowest BCUT2D eigenvalue weighted by molar-refractivity contribution is -0.137. The molecule has 2 aromatic rings. The second kappa shape index (κ2) is 4.69. The minimum absolute atomic E-state index is 0.0271. The maximum atomic E-state index is 10.4. The summed E-state index contributed by atoms with van der Waals surface area (Å²) in [6.07, 6.45) is 1.69. The largest absolute Gasteiger partial charge is 0.507 e. The van der Waals surface area contributed by atoms with Crippen LogP contribution in [0.25, 0.3) is 11.3 Å². The number of phenolic OH excluding ortho intramolecular Hbond substituents is 1. The summed E-state index contributed by atoms with van der Waals surface area (Å²) in [7, 11) is 0. The van der Waals surface area contributed by atoms with Gasteiger partial charge in [0.1, 0.15) is 5.75 Å². The summed E-state index contributed by atoms with van der Waals surface area (Å²) < 4.78 is 5.37. The third kappa shape index (κ3) is 2.63. The summed E-state index contributed by atoms with van der Waals surface area (Å²) in [5.41, 5.74) is 0.543. The molecule has 0 bridgehead atoms. The zero-order valence-corrected chi connectivity index (χ0v) is 8.96. The van der Waals surface area contributed by atoms with Crippen LogP contribution >= 0.6 is 0 Å². The molecule has 17 heavy (non-hydrogen) atoms. The lowest BCUT2D eigenvalue weighted by atomic mass is 10.2. The van der Waals surface area contributed by atoms with Crippen molar-refractivity contribution in [3.05, 3.63) is 36.4 Å². The van der Waals surface area contributed by atoms with Crippen molar-refractivity contribution in [2.24, 2.45) is 0 Å². The summed E-state index contributed by atoms with van der Waals surface area (Å²) >= 11 is 0. The first-order chi connectivity index (χ1) is 8.16. The maximum Gasteiger partial charge on any atom is 0.303 e. The van der Waals surface area contributed by atoms with Crippen LogP contribution in [0.4, 0.5) is 0 Å². The van der Waals surface area contributed by atoms with Gasteiger partial charge in [-0.05, 0) is 12.1 Å². The van der Waals surface area contributed by atoms with E-state index in [0.29, 0.717) is 17.2 Å². The van der Waals surface area contributed by atoms with Gasteiger partial charge in [-0.2, -0.15) is 0 Å². The van der Waals surface area contributed by atoms with Crippen LogP contribution in [0.5, 0.6) is 5.75 Å². The lowest BCUT2D eigenvalue weighted by Gasteiger charge is -1.98. The van der Waals surface area contributed by atoms with Crippen LogP contribution in [0, 0.1) is 0 Å². The predicted molar refractivity (Wildman–Crippen MR) is 59.6 cm³/mol. The number of rotatable bonds is 4. The Morgan fingerprint density at radius 2 is 2.12 bits per heavy atom. The first-order valence-electron chi connectivity index (χ1n) is 5.11. The number of carbonyl (C=O) groups is 1. The Morgan fingerprint density at radius 1 is 1.35 bits per heavy atom. The van der Waals surface area contributed by atoms with Crippen LogP contribution in [-0.2, 0) is 11.2 Å². The molecular weight excluding hydrogens is 222 g/mol. The molecule has 0 atom stereocenters. The Hall–Kier alpha value is -2.30. The summed E-state index contributed by atoms with van der Waals surface area (Å²) in [6.45, 7) is 0. The Labute approximate surface area is 97.3 Å². The molecule has 5 heteroatoms. The standard InChI is InChI=1S/C12H11NO4/c14-9-4-2-1-3-8(9)10-7-13-11(17-10)5-6-12(15)16/h1-4,7,14H,5-6H2,(H,15,16). The van der Waals surface area contributed by atoms with Crippen molar-refractivity contribution < 1.29 is 19.4 Å². The quantitative estimate of drug-likeness (QED) is 0.844. The zero-order chi connectivity index (χ0) is 12.3. The van der Waals surface area contributed by atoms with Crippen molar-refractivity contribution in [3.8, 4) is 17.1 Å². The number of aromatic nitrogens is 1. The fraction of sp³-hybridized carbons (Fsp3) is 0.167. The van der Waals surface area contributed by atoms with E-state index in [2.05, 4.69) is 4.98 Å². The third-order valence-electron chi connectivity index (χ3n) is 2.28. The molecule has 2 N–H and O–H groups in total. The molecule has 5 nitrogen and oxygen atoms in total. The highest BCUT2D eigenvalue weighted by atomic mass is 16.4. The van der Waals surface area contributed by atoms with E-state index in [1.54, 1.807) is 24.3 Å². The number of benzene rings is 1. The zero-order valence-electron chi connectivity index (χ0n) is 8.96. The van der Waals surface area contributed by atoms with Crippen LogP contribution in [0.1, 0.15) is 12.3 Å². The van der Waals surface area contributed by atoms with Gasteiger partial charge < -0.3 is 14.6 Å². The number of aliphatic carboxylic acids is 1. The van der Waals surface area contributed by atoms with Crippen molar-refractivity contribution in [1.29, 1.82) is 0 Å². The van der Waals surface area contributed by atoms with Crippen LogP contribution < -0.4 is 0 Å². The van der Waals surface area contributed by atoms with Crippen LogP contribution in [0.2, 0.25) is 0 Å². The first kappa shape index (κ1) is 11.2. The number of hydrogen-bond donors (Lipinski definition) is 2. The van der Waals surface area contributed by atoms with Crippen molar-refractivity contribution in [2.75, 3.05) is 0 Å². The van der Waals surface area contributed by atoms with Gasteiger partial charge in [-0.1, -0.05) is 12.1 Å². The van der Waals surface area contributed by atoms with E-state index >= 15 is 0 Å². The second-order valence-corrected chi connectivity index (χ2v) is 3.53. The number of carboxylic acids is 1. The second-order valence-electron chi connectivity index (χ2n) is 3.53. The number of aryl methyl sites for hydroxylation is 1. The molecular formula is C12H11NO4. The summed E-state index contributed by atoms with van der Waals surface area (Å²) in [6, 6.07) is 6.74. The molecule has 0 aliphatic heterocycles. The number of nitrogens with zero attached hydrogens (tertiary/aromatic N) is 1. The van der Waals surface area contributed by atoms with Crippen LogP contribution in [0.3, 0.4) is 0 Å². The Balaban J connectivity index is 2.18. The summed E-state index contributed by atoms with van der Waals surface area (Å²) in [5.74, 6) is -0.00474. The van der Waals surface area contributed by atoms with Crippen molar-refractivity contribution >= 4 is 5.97 Å². The highest BCUT2D eigenvalue weighted by Gasteiger charge is 2.10. The molecule has 0 amide bonds. The molecule has 0 aliphatic carbocycles. The van der Waals surface area contributed by atoms with E-state index in [1.165, 1.54) is 6.20 Å². The fourth-order valence-corrected chi connectivity index (χ4v) is 1.45. The molecule has 0 saturated carbocycles. The van der Waals surface area contributed by atoms with E-state index < -0.39 is 5.97 Å². The number of para-hydroxylation sites is 1. The van der Waals surface area contributed by atoms with Gasteiger partial charge in [0.2, 0.25) is 0 Å². The number of phenols is 1. The Kier molecular flexibility index (Phi) is 3.09. The van der Waals surface area contributed by atoms with E-state index in [-0.39, 0.29) is 18.6 Å². The normalized spacial score (nSPS) is 10.4. The van der Waals surface area contributed by atoms with E-state index in [1.807, 2.05) is 0 Å². The maximum absolute atomic E-state index is 10.4. The van der Waals surface area contributed by atoms with Gasteiger partial charge >= 0.3 is 5.97 Å². The Bertz CT molecular complexity index is 533. The summed E-state index contributed by atoms with van der Waals surface area (Å²) in [4.78, 5) is 14.4. The number of hydrogen-bond acceptors (Lipinski definition) is 4. The molecule has 2 rings (SSSR count). The molecule has 88 valence electrons. The van der Waals surface area contributed by atoms with Crippen LogP contribution in [0.15, 0.2) is 34.9 Å². The molecule has 0 spiro atoms. The van der Waals surface area contributed by atoms with Gasteiger partial charge in [0.15, 0.2) is 11.7 Å². The minimum Gasteiger partial charge on any atom is -0.507 e. The third-order valence-corrected chi connectivity index (χ3v) is 2.28. The van der Waals surface area contributed by atoms with Gasteiger partial charge in [0.25, 0.3) is 0 Å². The highest BCUT2D eigenvalue weighted by Crippen LogP contribution is 2.29. The molecule has 0 aliphatic rings. The van der Waals surface area contributed by atoms with Gasteiger partial charge in [0.05, 0.1) is 18.2 Å². The molecule has 1 aromatic heterocycles. The topological polar surface area (TPSA) is 83.6 Å². The van der Waals surface area contributed by atoms with Gasteiger partial charge in [-0.25, -0.2) is 4.98 Å². The van der Waals surface area contributed by atoms with Crippen LogP contribution in [-0.4, -0.2) is 21.2 Å². The smallest absolute Gasteiger partial charge is 0.303 e. The molecule has 0 fully saturated rings. The van der Waals surface area contributed by atoms with Crippen molar-refractivity contribution in [3.63, 3.8) is 0 Å². The lowest BCUT2D eigenvalue weighted by Crippen LogP contribution is -1.97. The predicted octanol–water partition coefficient (Wildman–Crippen LogP) is 2.06. The summed E-state index contributed by atoms with van der Waals surface area (Å²) in [5, 5.41) is 18.1. The van der Waals surface area contributed by atoms with Gasteiger partial charge in [0, 0.05) is 6.42 Å². The first-order valence-corrected chi connectivity index (χ1v) is 5.11. The van der Waals surface area contributed by atoms with E-state index in [0.717, 1.165) is 0 Å². The average Bonchev–Trinajstić information content (AvgIpc) is 2.75. The molecule has 1 heterocycles.